The molecule has 5 nitrogen and oxygen atoms in total. The van der Waals surface area contributed by atoms with Gasteiger partial charge in [0, 0.05) is 13.1 Å². The Hall–Kier alpha value is -1.28. The highest BCUT2D eigenvalue weighted by atomic mass is 16.6. The lowest BCUT2D eigenvalue weighted by molar-refractivity contribution is 0.0501. The summed E-state index contributed by atoms with van der Waals surface area (Å²) in [6.07, 6.45) is -0.451. The van der Waals surface area contributed by atoms with Gasteiger partial charge in [0.1, 0.15) is 5.60 Å². The summed E-state index contributed by atoms with van der Waals surface area (Å²) in [6.45, 7) is 6.83. The number of nitrogens with one attached hydrogen (secondary N) is 1. The number of likely N-dealkylation sites (N-methyl/N-ethyl adjacent to an activating group) is 1. The monoisotopic (exact) mass is 225 g/mol. The molecule has 1 aliphatic heterocycles. The molecule has 1 amide bonds. The fraction of sp³-hybridized carbons (Fsp3) is 0.818. The van der Waals surface area contributed by atoms with Crippen molar-refractivity contribution in [1.82, 2.24) is 10.2 Å². The minimum absolute atomic E-state index is 0.134. The Morgan fingerprint density at radius 3 is 2.62 bits per heavy atom. The summed E-state index contributed by atoms with van der Waals surface area (Å²) < 4.78 is 5.15. The van der Waals surface area contributed by atoms with Crippen LogP contribution in [0, 0.1) is 17.2 Å². The van der Waals surface area contributed by atoms with Crippen LogP contribution in [0.15, 0.2) is 0 Å². The molecule has 0 bridgehead atoms. The molecule has 1 heterocycles. The van der Waals surface area contributed by atoms with Gasteiger partial charge >= 0.3 is 6.09 Å². The SMILES string of the molecule is CN1C[C@H](C#N)[C@H](NC(=O)OC(C)(C)C)C1. The summed E-state index contributed by atoms with van der Waals surface area (Å²) in [5, 5.41) is 11.7. The molecule has 1 saturated heterocycles. The van der Waals surface area contributed by atoms with Crippen molar-refractivity contribution in [2.24, 2.45) is 5.92 Å². The molecule has 0 spiro atoms. The van der Waals surface area contributed by atoms with E-state index in [-0.39, 0.29) is 12.0 Å². The first kappa shape index (κ1) is 12.8. The quantitative estimate of drug-likeness (QED) is 0.722. The van der Waals surface area contributed by atoms with Crippen LogP contribution in [0.1, 0.15) is 20.8 Å². The summed E-state index contributed by atoms with van der Waals surface area (Å²) in [7, 11) is 1.93. The largest absolute Gasteiger partial charge is 0.444 e. The number of alkyl carbamates (subject to hydrolysis) is 1. The van der Waals surface area contributed by atoms with E-state index in [4.69, 9.17) is 10.00 Å². The molecule has 0 aromatic heterocycles. The second kappa shape index (κ2) is 4.71. The van der Waals surface area contributed by atoms with E-state index >= 15 is 0 Å². The number of nitriles is 1. The number of carbonyl (C=O) groups is 1. The van der Waals surface area contributed by atoms with E-state index in [1.165, 1.54) is 0 Å². The zero-order chi connectivity index (χ0) is 12.3. The Morgan fingerprint density at radius 2 is 2.12 bits per heavy atom. The summed E-state index contributed by atoms with van der Waals surface area (Å²) in [5.41, 5.74) is -0.503. The van der Waals surface area contributed by atoms with Crippen LogP contribution in [0.4, 0.5) is 4.79 Å². The van der Waals surface area contributed by atoms with Crippen molar-refractivity contribution in [3.05, 3.63) is 0 Å². The van der Waals surface area contributed by atoms with Gasteiger partial charge in [-0.3, -0.25) is 0 Å². The molecule has 0 unspecified atom stereocenters. The predicted octanol–water partition coefficient (Wildman–Crippen LogP) is 0.965. The first-order chi connectivity index (χ1) is 7.31. The van der Waals surface area contributed by atoms with Crippen molar-refractivity contribution in [3.8, 4) is 6.07 Å². The number of hydrogen-bond donors (Lipinski definition) is 1. The highest BCUT2D eigenvalue weighted by Gasteiger charge is 2.33. The van der Waals surface area contributed by atoms with E-state index in [2.05, 4.69) is 11.4 Å². The van der Waals surface area contributed by atoms with Crippen LogP contribution in [0.2, 0.25) is 0 Å². The predicted molar refractivity (Wildman–Crippen MR) is 59.8 cm³/mol. The molecule has 2 atom stereocenters. The zero-order valence-electron chi connectivity index (χ0n) is 10.3. The molecule has 0 aromatic carbocycles. The van der Waals surface area contributed by atoms with E-state index < -0.39 is 11.7 Å². The zero-order valence-corrected chi connectivity index (χ0v) is 10.3. The molecule has 0 radical (unpaired) electrons. The number of hydrogen-bond acceptors (Lipinski definition) is 4. The van der Waals surface area contributed by atoms with Crippen LogP contribution in [-0.2, 0) is 4.74 Å². The van der Waals surface area contributed by atoms with Gasteiger partial charge in [-0.25, -0.2) is 4.79 Å². The second-order valence-electron chi connectivity index (χ2n) is 5.21. The molecule has 1 N–H and O–H groups in total. The number of ether oxygens (including phenoxy) is 1. The van der Waals surface area contributed by atoms with Crippen LogP contribution in [0.5, 0.6) is 0 Å². The van der Waals surface area contributed by atoms with Gasteiger partial charge in [-0.05, 0) is 27.8 Å². The highest BCUT2D eigenvalue weighted by Crippen LogP contribution is 2.15. The number of likely N-dealkylation sites (tertiary alicyclic amines) is 1. The number of carbonyl (C=O) groups excluding carboxylic acids is 1. The average Bonchev–Trinajstić information content (AvgIpc) is 2.42. The first-order valence-electron chi connectivity index (χ1n) is 5.39. The van der Waals surface area contributed by atoms with Crippen molar-refractivity contribution in [1.29, 1.82) is 5.26 Å². The van der Waals surface area contributed by atoms with Gasteiger partial charge < -0.3 is 15.0 Å². The Labute approximate surface area is 96.4 Å². The van der Waals surface area contributed by atoms with E-state index in [1.807, 2.05) is 32.7 Å². The summed E-state index contributed by atoms with van der Waals surface area (Å²) in [6, 6.07) is 2.07. The van der Waals surface area contributed by atoms with Gasteiger partial charge in [-0.15, -0.1) is 0 Å². The first-order valence-corrected chi connectivity index (χ1v) is 5.39. The molecule has 0 aromatic rings. The van der Waals surface area contributed by atoms with Gasteiger partial charge in [-0.1, -0.05) is 0 Å². The van der Waals surface area contributed by atoms with Crippen LogP contribution < -0.4 is 5.32 Å². The van der Waals surface area contributed by atoms with Crippen molar-refractivity contribution < 1.29 is 9.53 Å². The molecule has 16 heavy (non-hydrogen) atoms. The highest BCUT2D eigenvalue weighted by molar-refractivity contribution is 5.68. The van der Waals surface area contributed by atoms with E-state index in [0.717, 1.165) is 0 Å². The molecular weight excluding hydrogens is 206 g/mol. The van der Waals surface area contributed by atoms with E-state index in [9.17, 15) is 4.79 Å². The Bertz CT molecular complexity index is 303. The maximum absolute atomic E-state index is 11.5. The third-order valence-electron chi connectivity index (χ3n) is 2.37. The molecule has 0 aliphatic carbocycles. The van der Waals surface area contributed by atoms with Crippen LogP contribution in [0.25, 0.3) is 0 Å². The normalized spacial score (nSPS) is 26.2. The fourth-order valence-corrected chi connectivity index (χ4v) is 1.74. The van der Waals surface area contributed by atoms with E-state index in [0.29, 0.717) is 13.1 Å². The van der Waals surface area contributed by atoms with Crippen LogP contribution in [-0.4, -0.2) is 42.8 Å². The van der Waals surface area contributed by atoms with Gasteiger partial charge in [0.05, 0.1) is 18.0 Å². The molecule has 1 aliphatic rings. The lowest BCUT2D eigenvalue weighted by Crippen LogP contribution is -2.42. The Morgan fingerprint density at radius 1 is 1.50 bits per heavy atom. The van der Waals surface area contributed by atoms with Crippen molar-refractivity contribution in [2.45, 2.75) is 32.4 Å². The molecule has 1 fully saturated rings. The van der Waals surface area contributed by atoms with Gasteiger partial charge in [0.15, 0.2) is 0 Å². The summed E-state index contributed by atoms with van der Waals surface area (Å²) >= 11 is 0. The average molecular weight is 225 g/mol. The lowest BCUT2D eigenvalue weighted by atomic mass is 10.1. The van der Waals surface area contributed by atoms with Crippen molar-refractivity contribution in [2.75, 3.05) is 20.1 Å². The molecule has 0 saturated carbocycles. The molecular formula is C11H19N3O2. The van der Waals surface area contributed by atoms with Crippen molar-refractivity contribution in [3.63, 3.8) is 0 Å². The van der Waals surface area contributed by atoms with Crippen LogP contribution >= 0.6 is 0 Å². The number of rotatable bonds is 1. The molecule has 90 valence electrons. The summed E-state index contributed by atoms with van der Waals surface area (Å²) in [4.78, 5) is 13.5. The summed E-state index contributed by atoms with van der Waals surface area (Å²) in [5.74, 6) is -0.155. The lowest BCUT2D eigenvalue weighted by Gasteiger charge is -2.22. The van der Waals surface area contributed by atoms with Crippen molar-refractivity contribution >= 4 is 6.09 Å². The van der Waals surface area contributed by atoms with Gasteiger partial charge in [0.25, 0.3) is 0 Å². The third kappa shape index (κ3) is 3.70. The maximum atomic E-state index is 11.5. The number of amides is 1. The fourth-order valence-electron chi connectivity index (χ4n) is 1.74. The maximum Gasteiger partial charge on any atom is 0.407 e. The minimum Gasteiger partial charge on any atom is -0.444 e. The smallest absolute Gasteiger partial charge is 0.407 e. The Kier molecular flexibility index (Phi) is 3.76. The molecule has 5 heteroatoms. The number of nitrogens with zero attached hydrogens (tertiary/aromatic N) is 2. The molecule has 1 rings (SSSR count). The standard InChI is InChI=1S/C11H19N3O2/c1-11(2,3)16-10(15)13-9-7-14(4)6-8(9)5-12/h8-9H,6-7H2,1-4H3,(H,13,15)/t8-,9+/m0/s1. The minimum atomic E-state index is -0.503. The Balaban J connectivity index is 2.48. The third-order valence-corrected chi connectivity index (χ3v) is 2.37. The second-order valence-corrected chi connectivity index (χ2v) is 5.21. The topological polar surface area (TPSA) is 65.4 Å². The van der Waals surface area contributed by atoms with Crippen LogP contribution in [0.3, 0.4) is 0 Å². The van der Waals surface area contributed by atoms with E-state index in [1.54, 1.807) is 0 Å². The van der Waals surface area contributed by atoms with Gasteiger partial charge in [-0.2, -0.15) is 5.26 Å². The van der Waals surface area contributed by atoms with Gasteiger partial charge in [0.2, 0.25) is 0 Å².